The molecule has 9 nitrogen and oxygen atoms in total. The lowest BCUT2D eigenvalue weighted by molar-refractivity contribution is 0.0766. The van der Waals surface area contributed by atoms with Crippen LogP contribution >= 0.6 is 0 Å². The number of nitrogens with zero attached hydrogens (tertiary/aromatic N) is 5. The second kappa shape index (κ2) is 6.83. The summed E-state index contributed by atoms with van der Waals surface area (Å²) < 4.78 is 7.67. The number of amides is 1. The van der Waals surface area contributed by atoms with Crippen molar-refractivity contribution in [1.29, 1.82) is 0 Å². The van der Waals surface area contributed by atoms with Crippen molar-refractivity contribution in [2.24, 2.45) is 0 Å². The van der Waals surface area contributed by atoms with Gasteiger partial charge in [0.25, 0.3) is 11.7 Å². The Kier molecular flexibility index (Phi) is 4.06. The highest BCUT2D eigenvalue weighted by Crippen LogP contribution is 2.36. The molecule has 31 heavy (non-hydrogen) atoms. The summed E-state index contributed by atoms with van der Waals surface area (Å²) in [7, 11) is 0. The van der Waals surface area contributed by atoms with Crippen molar-refractivity contribution >= 4 is 17.5 Å². The first-order chi connectivity index (χ1) is 15.1. The number of hydrogen-bond donors (Lipinski definition) is 1. The molecule has 9 heteroatoms. The minimum absolute atomic E-state index is 0.0994. The van der Waals surface area contributed by atoms with Crippen molar-refractivity contribution in [3.05, 3.63) is 51.6 Å². The van der Waals surface area contributed by atoms with Crippen molar-refractivity contribution in [2.45, 2.75) is 51.3 Å². The van der Waals surface area contributed by atoms with Crippen LogP contribution < -0.4 is 15.3 Å². The fourth-order valence-corrected chi connectivity index (χ4v) is 4.68. The van der Waals surface area contributed by atoms with E-state index in [2.05, 4.69) is 20.1 Å². The van der Waals surface area contributed by atoms with E-state index in [0.717, 1.165) is 73.6 Å². The first kappa shape index (κ1) is 18.4. The maximum absolute atomic E-state index is 12.7. The molecule has 4 heterocycles. The molecule has 0 unspecified atom stereocenters. The van der Waals surface area contributed by atoms with E-state index in [9.17, 15) is 9.59 Å². The van der Waals surface area contributed by atoms with E-state index in [4.69, 9.17) is 4.74 Å². The van der Waals surface area contributed by atoms with Gasteiger partial charge in [0.1, 0.15) is 17.7 Å². The van der Waals surface area contributed by atoms with Gasteiger partial charge in [-0.05, 0) is 37.5 Å². The van der Waals surface area contributed by atoms with Crippen LogP contribution in [0.1, 0.15) is 47.2 Å². The Morgan fingerprint density at radius 2 is 1.94 bits per heavy atom. The van der Waals surface area contributed by atoms with Gasteiger partial charge in [0, 0.05) is 55.8 Å². The standard InChI is InChI=1S/C22H24N6O3/c1-13-11-28-21(24-25-22(28)30)23-19(13)26-8-6-16(7-9-26)31-17-5-2-14-12-27(15-3-4-15)20(29)18(14)10-17/h2,5,10-11,15-16H,3-4,6-9,12H2,1H3,(H,25,30). The third-order valence-corrected chi connectivity index (χ3v) is 6.51. The summed E-state index contributed by atoms with van der Waals surface area (Å²) in [6, 6.07) is 6.38. The monoisotopic (exact) mass is 420 g/mol. The predicted molar refractivity (Wildman–Crippen MR) is 114 cm³/mol. The van der Waals surface area contributed by atoms with E-state index >= 15 is 0 Å². The van der Waals surface area contributed by atoms with Crippen LogP contribution in [-0.4, -0.2) is 55.6 Å². The highest BCUT2D eigenvalue weighted by atomic mass is 16.5. The maximum Gasteiger partial charge on any atom is 0.348 e. The molecular weight excluding hydrogens is 396 g/mol. The summed E-state index contributed by atoms with van der Waals surface area (Å²) in [5.74, 6) is 2.15. The minimum atomic E-state index is -0.280. The van der Waals surface area contributed by atoms with Crippen LogP contribution in [0.2, 0.25) is 0 Å². The van der Waals surface area contributed by atoms with Gasteiger partial charge in [-0.1, -0.05) is 6.07 Å². The molecule has 0 radical (unpaired) electrons. The Labute approximate surface area is 178 Å². The topological polar surface area (TPSA) is 95.8 Å². The van der Waals surface area contributed by atoms with E-state index in [1.54, 1.807) is 6.20 Å². The second-order valence-electron chi connectivity index (χ2n) is 8.73. The third kappa shape index (κ3) is 3.15. The first-order valence-corrected chi connectivity index (χ1v) is 10.9. The number of carbonyl (C=O) groups is 1. The average Bonchev–Trinajstić information content (AvgIpc) is 3.49. The zero-order valence-electron chi connectivity index (χ0n) is 17.4. The van der Waals surface area contributed by atoms with Crippen LogP contribution in [0.25, 0.3) is 5.78 Å². The van der Waals surface area contributed by atoms with Crippen molar-refractivity contribution < 1.29 is 9.53 Å². The van der Waals surface area contributed by atoms with Crippen LogP contribution in [0.5, 0.6) is 5.75 Å². The molecule has 0 bridgehead atoms. The van der Waals surface area contributed by atoms with Gasteiger partial charge in [-0.25, -0.2) is 14.3 Å². The maximum atomic E-state index is 12.7. The Morgan fingerprint density at radius 1 is 1.13 bits per heavy atom. The predicted octanol–water partition coefficient (Wildman–Crippen LogP) is 1.89. The van der Waals surface area contributed by atoms with Crippen LogP contribution in [0.15, 0.2) is 29.2 Å². The molecular formula is C22H24N6O3. The lowest BCUT2D eigenvalue weighted by Gasteiger charge is -2.33. The van der Waals surface area contributed by atoms with Crippen molar-refractivity contribution in [3.8, 4) is 5.75 Å². The number of carbonyl (C=O) groups excluding carboxylic acids is 1. The molecule has 1 saturated carbocycles. The lowest BCUT2D eigenvalue weighted by atomic mass is 10.1. The summed E-state index contributed by atoms with van der Waals surface area (Å²) in [6.45, 7) is 4.30. The second-order valence-corrected chi connectivity index (χ2v) is 8.73. The number of benzene rings is 1. The number of ether oxygens (including phenoxy) is 1. The highest BCUT2D eigenvalue weighted by molar-refractivity contribution is 5.99. The molecule has 160 valence electrons. The molecule has 0 atom stereocenters. The Hall–Kier alpha value is -3.36. The summed E-state index contributed by atoms with van der Waals surface area (Å²) in [5.41, 5.74) is 2.56. The number of anilines is 1. The Morgan fingerprint density at radius 3 is 2.71 bits per heavy atom. The van der Waals surface area contributed by atoms with E-state index < -0.39 is 0 Å². The SMILES string of the molecule is Cc1cn2c(=O)[nH]nc2nc1N1CCC(Oc2ccc3c(c2)C(=O)N(C2CC2)C3)CC1. The number of H-pyrrole nitrogens is 1. The van der Waals surface area contributed by atoms with Gasteiger partial charge < -0.3 is 14.5 Å². The number of hydrogen-bond acceptors (Lipinski definition) is 6. The first-order valence-electron chi connectivity index (χ1n) is 10.9. The molecule has 3 aliphatic rings. The zero-order chi connectivity index (χ0) is 21.1. The molecule has 1 amide bonds. The van der Waals surface area contributed by atoms with Crippen molar-refractivity contribution in [2.75, 3.05) is 18.0 Å². The van der Waals surface area contributed by atoms with Crippen molar-refractivity contribution in [3.63, 3.8) is 0 Å². The highest BCUT2D eigenvalue weighted by Gasteiger charge is 2.38. The van der Waals surface area contributed by atoms with Crippen molar-refractivity contribution in [1.82, 2.24) is 24.5 Å². The molecule has 1 aliphatic carbocycles. The van der Waals surface area contributed by atoms with Gasteiger partial charge in [-0.2, -0.15) is 4.98 Å². The van der Waals surface area contributed by atoms with E-state index in [0.29, 0.717) is 11.8 Å². The van der Waals surface area contributed by atoms with Gasteiger partial charge in [-0.3, -0.25) is 4.79 Å². The number of aromatic amines is 1. The Balaban J connectivity index is 1.13. The Bertz CT molecular complexity index is 1240. The summed E-state index contributed by atoms with van der Waals surface area (Å²) in [4.78, 5) is 33.2. The zero-order valence-corrected chi connectivity index (χ0v) is 17.4. The molecule has 0 spiro atoms. The molecule has 2 aromatic heterocycles. The van der Waals surface area contributed by atoms with Crippen LogP contribution in [0.4, 0.5) is 5.82 Å². The quantitative estimate of drug-likeness (QED) is 0.693. The number of fused-ring (bicyclic) bond motifs is 2. The third-order valence-electron chi connectivity index (χ3n) is 6.51. The summed E-state index contributed by atoms with van der Waals surface area (Å²) in [6.07, 6.45) is 5.85. The van der Waals surface area contributed by atoms with E-state index in [1.165, 1.54) is 4.40 Å². The van der Waals surface area contributed by atoms with E-state index in [1.807, 2.05) is 30.0 Å². The smallest absolute Gasteiger partial charge is 0.348 e. The average molecular weight is 420 g/mol. The normalized spacial score (nSPS) is 19.3. The van der Waals surface area contributed by atoms with Crippen LogP contribution in [0, 0.1) is 6.92 Å². The summed E-state index contributed by atoms with van der Waals surface area (Å²) in [5, 5.41) is 6.40. The summed E-state index contributed by atoms with van der Waals surface area (Å²) >= 11 is 0. The number of nitrogens with one attached hydrogen (secondary N) is 1. The number of rotatable bonds is 4. The molecule has 3 aromatic rings. The van der Waals surface area contributed by atoms with Crippen LogP contribution in [0.3, 0.4) is 0 Å². The molecule has 6 rings (SSSR count). The van der Waals surface area contributed by atoms with Gasteiger partial charge in [0.2, 0.25) is 0 Å². The van der Waals surface area contributed by atoms with Gasteiger partial charge >= 0.3 is 5.69 Å². The number of piperidine rings is 1. The van der Waals surface area contributed by atoms with Gasteiger partial charge in [-0.15, -0.1) is 5.10 Å². The van der Waals surface area contributed by atoms with E-state index in [-0.39, 0.29) is 17.7 Å². The molecule has 2 fully saturated rings. The molecule has 1 aromatic carbocycles. The minimum Gasteiger partial charge on any atom is -0.490 e. The fraction of sp³-hybridized carbons (Fsp3) is 0.455. The lowest BCUT2D eigenvalue weighted by Crippen LogP contribution is -2.39. The number of aryl methyl sites for hydroxylation is 1. The van der Waals surface area contributed by atoms with Crippen LogP contribution in [-0.2, 0) is 6.54 Å². The molecule has 1 saturated heterocycles. The van der Waals surface area contributed by atoms with Gasteiger partial charge in [0.15, 0.2) is 0 Å². The number of aromatic nitrogens is 4. The molecule has 1 N–H and O–H groups in total. The van der Waals surface area contributed by atoms with Gasteiger partial charge in [0.05, 0.1) is 0 Å². The largest absolute Gasteiger partial charge is 0.490 e. The fourth-order valence-electron chi connectivity index (χ4n) is 4.68. The molecule has 2 aliphatic heterocycles.